The normalized spacial score (nSPS) is 13.3. The van der Waals surface area contributed by atoms with Gasteiger partial charge in [-0.3, -0.25) is 4.68 Å². The van der Waals surface area contributed by atoms with Gasteiger partial charge in [-0.05, 0) is 26.8 Å². The third-order valence-electron chi connectivity index (χ3n) is 2.34. The van der Waals surface area contributed by atoms with E-state index in [0.29, 0.717) is 13.0 Å². The number of aliphatic hydroxyl groups excluding tert-OH is 1. The van der Waals surface area contributed by atoms with Gasteiger partial charge in [-0.15, -0.1) is 0 Å². The molecule has 0 aliphatic rings. The summed E-state index contributed by atoms with van der Waals surface area (Å²) in [6.07, 6.45) is 0.117. The fourth-order valence-electron chi connectivity index (χ4n) is 1.57. The van der Waals surface area contributed by atoms with Gasteiger partial charge in [0, 0.05) is 18.3 Å². The van der Waals surface area contributed by atoms with Crippen LogP contribution in [0.3, 0.4) is 0 Å². The minimum Gasteiger partial charge on any atom is -0.388 e. The smallest absolute Gasteiger partial charge is 0.0837 e. The van der Waals surface area contributed by atoms with Crippen molar-refractivity contribution in [1.29, 1.82) is 0 Å². The molecule has 1 heterocycles. The quantitative estimate of drug-likeness (QED) is 0.713. The van der Waals surface area contributed by atoms with Crippen LogP contribution in [-0.4, -0.2) is 21.4 Å². The molecule has 0 aromatic carbocycles. The van der Waals surface area contributed by atoms with Gasteiger partial charge in [0.15, 0.2) is 0 Å². The Morgan fingerprint density at radius 2 is 2.15 bits per heavy atom. The molecule has 0 bridgehead atoms. The van der Waals surface area contributed by atoms with E-state index >= 15 is 0 Å². The Morgan fingerprint density at radius 3 is 2.54 bits per heavy atom. The Bertz CT molecular complexity index is 293. The zero-order valence-corrected chi connectivity index (χ0v) is 8.41. The van der Waals surface area contributed by atoms with Gasteiger partial charge in [-0.2, -0.15) is 5.10 Å². The Balaban J connectivity index is 2.98. The number of aliphatic hydroxyl groups is 1. The van der Waals surface area contributed by atoms with E-state index in [2.05, 4.69) is 5.10 Å². The highest BCUT2D eigenvalue weighted by Gasteiger charge is 2.16. The molecule has 1 unspecified atom stereocenters. The van der Waals surface area contributed by atoms with E-state index in [1.807, 2.05) is 20.9 Å². The highest BCUT2D eigenvalue weighted by Crippen LogP contribution is 2.22. The van der Waals surface area contributed by atoms with E-state index in [1.54, 1.807) is 4.68 Å². The summed E-state index contributed by atoms with van der Waals surface area (Å²) in [5.41, 5.74) is 8.21. The van der Waals surface area contributed by atoms with Gasteiger partial charge in [0.25, 0.3) is 0 Å². The third kappa shape index (κ3) is 1.89. The number of nitrogens with two attached hydrogens (primary N) is 1. The van der Waals surface area contributed by atoms with Gasteiger partial charge in [0.1, 0.15) is 0 Å². The van der Waals surface area contributed by atoms with Crippen molar-refractivity contribution in [2.45, 2.75) is 26.4 Å². The van der Waals surface area contributed by atoms with Crippen LogP contribution < -0.4 is 5.73 Å². The highest BCUT2D eigenvalue weighted by atomic mass is 16.3. The molecule has 0 fully saturated rings. The van der Waals surface area contributed by atoms with Crippen LogP contribution in [0.25, 0.3) is 0 Å². The van der Waals surface area contributed by atoms with Gasteiger partial charge >= 0.3 is 0 Å². The molecular weight excluding hydrogens is 166 g/mol. The second-order valence-electron chi connectivity index (χ2n) is 3.30. The van der Waals surface area contributed by atoms with Crippen molar-refractivity contribution in [2.75, 3.05) is 6.54 Å². The summed E-state index contributed by atoms with van der Waals surface area (Å²) in [5, 5.41) is 14.0. The number of aromatic nitrogens is 2. The van der Waals surface area contributed by atoms with E-state index in [4.69, 9.17) is 5.73 Å². The van der Waals surface area contributed by atoms with Crippen molar-refractivity contribution in [3.05, 3.63) is 17.0 Å². The van der Waals surface area contributed by atoms with Crippen molar-refractivity contribution < 1.29 is 5.11 Å². The maximum Gasteiger partial charge on any atom is 0.0837 e. The number of nitrogens with zero attached hydrogens (tertiary/aromatic N) is 2. The molecule has 13 heavy (non-hydrogen) atoms. The summed E-state index contributed by atoms with van der Waals surface area (Å²) in [4.78, 5) is 0. The third-order valence-corrected chi connectivity index (χ3v) is 2.34. The van der Waals surface area contributed by atoms with Crippen LogP contribution in [0, 0.1) is 13.8 Å². The first-order valence-electron chi connectivity index (χ1n) is 4.46. The molecule has 1 rings (SSSR count). The summed E-state index contributed by atoms with van der Waals surface area (Å²) in [7, 11) is 1.88. The summed E-state index contributed by atoms with van der Waals surface area (Å²) in [6.45, 7) is 4.35. The molecule has 0 radical (unpaired) electrons. The lowest BCUT2D eigenvalue weighted by molar-refractivity contribution is 0.169. The zero-order valence-electron chi connectivity index (χ0n) is 8.41. The summed E-state index contributed by atoms with van der Waals surface area (Å²) in [5.74, 6) is 0. The fourth-order valence-corrected chi connectivity index (χ4v) is 1.57. The van der Waals surface area contributed by atoms with Crippen molar-refractivity contribution in [2.24, 2.45) is 12.8 Å². The summed E-state index contributed by atoms with van der Waals surface area (Å²) in [6, 6.07) is 0. The fraction of sp³-hybridized carbons (Fsp3) is 0.667. The van der Waals surface area contributed by atoms with Crippen LogP contribution in [0.5, 0.6) is 0 Å². The number of hydrogen-bond donors (Lipinski definition) is 2. The van der Waals surface area contributed by atoms with Crippen LogP contribution >= 0.6 is 0 Å². The molecule has 74 valence electrons. The molecule has 1 aromatic heterocycles. The molecule has 0 aliphatic heterocycles. The van der Waals surface area contributed by atoms with Crippen LogP contribution in [0.15, 0.2) is 0 Å². The number of aryl methyl sites for hydroxylation is 2. The lowest BCUT2D eigenvalue weighted by Crippen LogP contribution is -2.08. The van der Waals surface area contributed by atoms with Crippen molar-refractivity contribution in [3.63, 3.8) is 0 Å². The largest absolute Gasteiger partial charge is 0.388 e. The average Bonchev–Trinajstić information content (AvgIpc) is 2.27. The molecule has 0 saturated carbocycles. The minimum atomic E-state index is -0.473. The van der Waals surface area contributed by atoms with E-state index < -0.39 is 6.10 Å². The summed E-state index contributed by atoms with van der Waals surface area (Å²) >= 11 is 0. The van der Waals surface area contributed by atoms with Crippen LogP contribution in [0.4, 0.5) is 0 Å². The van der Waals surface area contributed by atoms with Crippen LogP contribution in [0.2, 0.25) is 0 Å². The van der Waals surface area contributed by atoms with E-state index in [-0.39, 0.29) is 0 Å². The lowest BCUT2D eigenvalue weighted by Gasteiger charge is -2.09. The second-order valence-corrected chi connectivity index (χ2v) is 3.30. The van der Waals surface area contributed by atoms with E-state index in [9.17, 15) is 5.11 Å². The first-order valence-corrected chi connectivity index (χ1v) is 4.46. The van der Waals surface area contributed by atoms with Crippen LogP contribution in [-0.2, 0) is 7.05 Å². The minimum absolute atomic E-state index is 0.473. The molecule has 0 spiro atoms. The standard InChI is InChI=1S/C9H17N3O/c1-6-9(8(13)4-5-10)7(2)12(3)11-6/h8,13H,4-5,10H2,1-3H3. The van der Waals surface area contributed by atoms with Gasteiger partial charge in [-0.1, -0.05) is 0 Å². The van der Waals surface area contributed by atoms with Crippen molar-refractivity contribution in [1.82, 2.24) is 9.78 Å². The number of rotatable bonds is 3. The Labute approximate surface area is 78.4 Å². The molecule has 4 nitrogen and oxygen atoms in total. The van der Waals surface area contributed by atoms with E-state index in [1.165, 1.54) is 0 Å². The average molecular weight is 183 g/mol. The Kier molecular flexibility index (Phi) is 3.06. The van der Waals surface area contributed by atoms with Crippen LogP contribution in [0.1, 0.15) is 29.5 Å². The maximum atomic E-state index is 9.76. The van der Waals surface area contributed by atoms with Gasteiger partial charge < -0.3 is 10.8 Å². The summed E-state index contributed by atoms with van der Waals surface area (Å²) < 4.78 is 1.78. The second kappa shape index (κ2) is 3.89. The zero-order chi connectivity index (χ0) is 10.0. The highest BCUT2D eigenvalue weighted by molar-refractivity contribution is 5.26. The lowest BCUT2D eigenvalue weighted by atomic mass is 10.1. The van der Waals surface area contributed by atoms with E-state index in [0.717, 1.165) is 17.0 Å². The van der Waals surface area contributed by atoms with Crippen molar-refractivity contribution in [3.8, 4) is 0 Å². The molecule has 3 N–H and O–H groups in total. The molecule has 1 atom stereocenters. The van der Waals surface area contributed by atoms with Gasteiger partial charge in [-0.25, -0.2) is 0 Å². The molecule has 0 amide bonds. The molecular formula is C9H17N3O. The monoisotopic (exact) mass is 183 g/mol. The van der Waals surface area contributed by atoms with Gasteiger partial charge in [0.2, 0.25) is 0 Å². The first-order chi connectivity index (χ1) is 6.07. The molecule has 0 aliphatic carbocycles. The topological polar surface area (TPSA) is 64.1 Å². The Hall–Kier alpha value is -0.870. The maximum absolute atomic E-state index is 9.76. The predicted molar refractivity (Wildman–Crippen MR) is 51.3 cm³/mol. The SMILES string of the molecule is Cc1nn(C)c(C)c1C(O)CCN. The molecule has 0 saturated heterocycles. The first kappa shape index (κ1) is 10.2. The molecule has 1 aromatic rings. The number of hydrogen-bond acceptors (Lipinski definition) is 3. The Morgan fingerprint density at radius 1 is 1.54 bits per heavy atom. The van der Waals surface area contributed by atoms with Gasteiger partial charge in [0.05, 0.1) is 11.8 Å². The molecule has 4 heteroatoms. The van der Waals surface area contributed by atoms with Crippen molar-refractivity contribution >= 4 is 0 Å². The predicted octanol–water partition coefficient (Wildman–Crippen LogP) is 0.419.